The van der Waals surface area contributed by atoms with Gasteiger partial charge < -0.3 is 10.1 Å². The van der Waals surface area contributed by atoms with E-state index in [-0.39, 0.29) is 26.8 Å². The number of rotatable bonds is 5. The topological polar surface area (TPSA) is 51.2 Å². The molecule has 1 aromatic carbocycles. The van der Waals surface area contributed by atoms with Gasteiger partial charge in [0.25, 0.3) is 5.91 Å². The summed E-state index contributed by atoms with van der Waals surface area (Å²) < 4.78 is 5.13. The average Bonchev–Trinajstić information content (AvgIpc) is 2.57. The van der Waals surface area contributed by atoms with Gasteiger partial charge in [-0.15, -0.1) is 0 Å². The number of methoxy groups -OCH3 is 1. The smallest absolute Gasteiger partial charge is 0.271 e. The Morgan fingerprint density at radius 2 is 1.87 bits per heavy atom. The third kappa shape index (κ3) is 4.08. The number of ether oxygens (including phenoxy) is 1. The summed E-state index contributed by atoms with van der Waals surface area (Å²) in [6.07, 6.45) is 2.01. The zero-order valence-electron chi connectivity index (χ0n) is 12.6. The quantitative estimate of drug-likeness (QED) is 0.808. The highest BCUT2D eigenvalue weighted by molar-refractivity contribution is 6.48. The molecular weight excluding hydrogens is 359 g/mol. The van der Waals surface area contributed by atoms with Gasteiger partial charge in [-0.1, -0.05) is 53.9 Å². The van der Waals surface area contributed by atoms with Crippen LogP contribution in [0.15, 0.2) is 30.5 Å². The number of halogens is 3. The van der Waals surface area contributed by atoms with Gasteiger partial charge in [-0.25, -0.2) is 4.98 Å². The van der Waals surface area contributed by atoms with E-state index >= 15 is 0 Å². The van der Waals surface area contributed by atoms with Crippen molar-refractivity contribution >= 4 is 40.7 Å². The lowest BCUT2D eigenvalue weighted by molar-refractivity contribution is 0.0930. The molecule has 0 radical (unpaired) electrons. The number of benzene rings is 1. The largest absolute Gasteiger partial charge is 0.497 e. The molecule has 1 N–H and O–H groups in total. The lowest BCUT2D eigenvalue weighted by atomic mass is 10.0. The van der Waals surface area contributed by atoms with Crippen molar-refractivity contribution < 1.29 is 9.53 Å². The molecule has 1 atom stereocenters. The van der Waals surface area contributed by atoms with Crippen LogP contribution >= 0.6 is 34.8 Å². The molecule has 122 valence electrons. The minimum Gasteiger partial charge on any atom is -0.497 e. The Hall–Kier alpha value is -1.49. The zero-order valence-corrected chi connectivity index (χ0v) is 14.8. The highest BCUT2D eigenvalue weighted by Gasteiger charge is 2.20. The molecule has 23 heavy (non-hydrogen) atoms. The number of hydrogen-bond donors (Lipinski definition) is 1. The number of carbonyl (C=O) groups excluding carboxylic acids is 1. The van der Waals surface area contributed by atoms with E-state index in [0.29, 0.717) is 6.42 Å². The van der Waals surface area contributed by atoms with Crippen LogP contribution in [0.3, 0.4) is 0 Å². The van der Waals surface area contributed by atoms with Gasteiger partial charge in [-0.05, 0) is 24.1 Å². The van der Waals surface area contributed by atoms with Crippen molar-refractivity contribution in [1.29, 1.82) is 0 Å². The van der Waals surface area contributed by atoms with Crippen molar-refractivity contribution in [2.24, 2.45) is 0 Å². The van der Waals surface area contributed by atoms with Gasteiger partial charge in [0.15, 0.2) is 0 Å². The summed E-state index contributed by atoms with van der Waals surface area (Å²) >= 11 is 17.8. The summed E-state index contributed by atoms with van der Waals surface area (Å²) in [7, 11) is 1.60. The van der Waals surface area contributed by atoms with Gasteiger partial charge in [0.2, 0.25) is 0 Å². The first kappa shape index (κ1) is 17.9. The van der Waals surface area contributed by atoms with Crippen molar-refractivity contribution in [1.82, 2.24) is 10.3 Å². The van der Waals surface area contributed by atoms with E-state index in [4.69, 9.17) is 39.5 Å². The number of nitrogens with zero attached hydrogens (tertiary/aromatic N) is 1. The van der Waals surface area contributed by atoms with E-state index in [2.05, 4.69) is 10.3 Å². The molecule has 0 spiro atoms. The first-order chi connectivity index (χ1) is 11.0. The summed E-state index contributed by atoms with van der Waals surface area (Å²) in [5.74, 6) is 0.348. The molecule has 0 saturated heterocycles. The molecule has 0 aliphatic rings. The second-order valence-electron chi connectivity index (χ2n) is 4.79. The summed E-state index contributed by atoms with van der Waals surface area (Å²) in [6, 6.07) is 7.30. The Bertz CT molecular complexity index is 705. The van der Waals surface area contributed by atoms with Crippen LogP contribution in [0.2, 0.25) is 15.1 Å². The third-order valence-electron chi connectivity index (χ3n) is 3.36. The van der Waals surface area contributed by atoms with Gasteiger partial charge >= 0.3 is 0 Å². The van der Waals surface area contributed by atoms with Crippen molar-refractivity contribution in [2.75, 3.05) is 7.11 Å². The first-order valence-corrected chi connectivity index (χ1v) is 8.05. The molecule has 2 rings (SSSR count). The standard InChI is InChI=1S/C16H15Cl3N2O2/c1-3-12(9-4-6-10(23-2)7-5-9)21-16(22)15-14(19)13(18)11(17)8-20-15/h4-8,12H,3H2,1-2H3,(H,21,22)/t12-/m0/s1. The minimum atomic E-state index is -0.406. The molecule has 0 aliphatic heterocycles. The molecule has 1 amide bonds. The van der Waals surface area contributed by atoms with E-state index in [1.165, 1.54) is 6.20 Å². The molecular formula is C16H15Cl3N2O2. The highest BCUT2D eigenvalue weighted by atomic mass is 35.5. The average molecular weight is 374 g/mol. The SMILES string of the molecule is CC[C@H](NC(=O)c1ncc(Cl)c(Cl)c1Cl)c1ccc(OC)cc1. The Labute approximate surface area is 149 Å². The molecule has 4 nitrogen and oxygen atoms in total. The van der Waals surface area contributed by atoms with Gasteiger partial charge in [0.1, 0.15) is 11.4 Å². The van der Waals surface area contributed by atoms with Crippen LogP contribution in [-0.2, 0) is 0 Å². The summed E-state index contributed by atoms with van der Waals surface area (Å²) in [6.45, 7) is 1.97. The second kappa shape index (κ2) is 7.86. The Morgan fingerprint density at radius 3 is 2.43 bits per heavy atom. The third-order valence-corrected chi connectivity index (χ3v) is 4.60. The number of aromatic nitrogens is 1. The van der Waals surface area contributed by atoms with Crippen LogP contribution in [-0.4, -0.2) is 18.0 Å². The predicted molar refractivity (Wildman–Crippen MR) is 92.8 cm³/mol. The van der Waals surface area contributed by atoms with Crippen LogP contribution in [0.25, 0.3) is 0 Å². The van der Waals surface area contributed by atoms with Crippen molar-refractivity contribution in [3.05, 3.63) is 56.8 Å². The molecule has 0 saturated carbocycles. The van der Waals surface area contributed by atoms with E-state index < -0.39 is 5.91 Å². The lowest BCUT2D eigenvalue weighted by Gasteiger charge is -2.18. The predicted octanol–water partition coefficient (Wildman–Crippen LogP) is 4.93. The maximum Gasteiger partial charge on any atom is 0.271 e. The van der Waals surface area contributed by atoms with Gasteiger partial charge in [0.05, 0.1) is 28.2 Å². The van der Waals surface area contributed by atoms with Gasteiger partial charge in [-0.3, -0.25) is 4.79 Å². The van der Waals surface area contributed by atoms with E-state index in [1.54, 1.807) is 7.11 Å². The number of amides is 1. The molecule has 7 heteroatoms. The summed E-state index contributed by atoms with van der Waals surface area (Å²) in [5, 5.41) is 3.26. The van der Waals surface area contributed by atoms with Crippen LogP contribution in [0.4, 0.5) is 0 Å². The molecule has 2 aromatic rings. The van der Waals surface area contributed by atoms with E-state index in [1.807, 2.05) is 31.2 Å². The van der Waals surface area contributed by atoms with E-state index in [0.717, 1.165) is 11.3 Å². The Balaban J connectivity index is 2.21. The summed E-state index contributed by atoms with van der Waals surface area (Å²) in [5.41, 5.74) is 1.01. The zero-order chi connectivity index (χ0) is 17.0. The van der Waals surface area contributed by atoms with Gasteiger partial charge in [-0.2, -0.15) is 0 Å². The number of carbonyl (C=O) groups is 1. The highest BCUT2D eigenvalue weighted by Crippen LogP contribution is 2.31. The van der Waals surface area contributed by atoms with Crippen molar-refractivity contribution in [2.45, 2.75) is 19.4 Å². The summed E-state index contributed by atoms with van der Waals surface area (Å²) in [4.78, 5) is 16.4. The fourth-order valence-corrected chi connectivity index (χ4v) is 2.65. The van der Waals surface area contributed by atoms with E-state index in [9.17, 15) is 4.79 Å². The van der Waals surface area contributed by atoms with Crippen molar-refractivity contribution in [3.8, 4) is 5.75 Å². The maximum absolute atomic E-state index is 12.4. The minimum absolute atomic E-state index is 0.0428. The normalized spacial score (nSPS) is 11.9. The monoisotopic (exact) mass is 372 g/mol. The van der Waals surface area contributed by atoms with Crippen LogP contribution in [0.5, 0.6) is 5.75 Å². The lowest BCUT2D eigenvalue weighted by Crippen LogP contribution is -2.29. The second-order valence-corrected chi connectivity index (χ2v) is 5.95. The Kier molecular flexibility index (Phi) is 6.10. The fraction of sp³-hybridized carbons (Fsp3) is 0.250. The van der Waals surface area contributed by atoms with Gasteiger partial charge in [0, 0.05) is 6.20 Å². The molecule has 1 heterocycles. The fourth-order valence-electron chi connectivity index (χ4n) is 2.09. The Morgan fingerprint density at radius 1 is 1.22 bits per heavy atom. The number of pyridine rings is 1. The number of hydrogen-bond acceptors (Lipinski definition) is 3. The van der Waals surface area contributed by atoms with Crippen molar-refractivity contribution in [3.63, 3.8) is 0 Å². The molecule has 0 bridgehead atoms. The molecule has 0 aliphatic carbocycles. The van der Waals surface area contributed by atoms with Crippen LogP contribution < -0.4 is 10.1 Å². The van der Waals surface area contributed by atoms with Crippen LogP contribution in [0, 0.1) is 0 Å². The van der Waals surface area contributed by atoms with Crippen LogP contribution in [0.1, 0.15) is 35.4 Å². The maximum atomic E-state index is 12.4. The molecule has 1 aromatic heterocycles. The number of nitrogens with one attached hydrogen (secondary N) is 1. The molecule has 0 fully saturated rings. The molecule has 0 unspecified atom stereocenters. The first-order valence-electron chi connectivity index (χ1n) is 6.92.